The number of fused-ring (bicyclic) bond motifs is 1. The van der Waals surface area contributed by atoms with Gasteiger partial charge in [0.2, 0.25) is 0 Å². The van der Waals surface area contributed by atoms with Crippen molar-refractivity contribution in [2.24, 2.45) is 0 Å². The van der Waals surface area contributed by atoms with Crippen LogP contribution in [0.3, 0.4) is 0 Å². The molecule has 0 aliphatic carbocycles. The minimum Gasteiger partial charge on any atom is -0.337 e. The van der Waals surface area contributed by atoms with E-state index in [1.165, 1.54) is 16.0 Å². The van der Waals surface area contributed by atoms with E-state index in [4.69, 9.17) is 16.6 Å². The summed E-state index contributed by atoms with van der Waals surface area (Å²) in [6.45, 7) is 1.47. The summed E-state index contributed by atoms with van der Waals surface area (Å²) < 4.78 is 1.21. The molecule has 0 spiro atoms. The van der Waals surface area contributed by atoms with Crippen molar-refractivity contribution < 1.29 is 4.79 Å². The van der Waals surface area contributed by atoms with Crippen LogP contribution in [-0.4, -0.2) is 33.9 Å². The largest absolute Gasteiger partial charge is 0.337 e. The van der Waals surface area contributed by atoms with Gasteiger partial charge in [-0.15, -0.1) is 22.7 Å². The van der Waals surface area contributed by atoms with Gasteiger partial charge in [-0.2, -0.15) is 0 Å². The first-order chi connectivity index (χ1) is 14.2. The van der Waals surface area contributed by atoms with E-state index in [9.17, 15) is 4.79 Å². The second kappa shape index (κ2) is 7.86. The van der Waals surface area contributed by atoms with Crippen LogP contribution in [0.5, 0.6) is 0 Å². The van der Waals surface area contributed by atoms with Crippen LogP contribution in [0.15, 0.2) is 53.9 Å². The molecule has 146 valence electrons. The number of likely N-dealkylation sites (tertiary alicyclic amines) is 1. The fourth-order valence-electron chi connectivity index (χ4n) is 3.69. The van der Waals surface area contributed by atoms with Crippen molar-refractivity contribution >= 4 is 50.4 Å². The molecule has 2 aromatic carbocycles. The number of carbonyl (C=O) groups is 1. The number of halogens is 1. The summed E-state index contributed by atoms with van der Waals surface area (Å²) in [5, 5.41) is 4.51. The van der Waals surface area contributed by atoms with Gasteiger partial charge in [0.15, 0.2) is 0 Å². The molecule has 29 heavy (non-hydrogen) atoms. The van der Waals surface area contributed by atoms with Crippen LogP contribution in [0, 0.1) is 0 Å². The van der Waals surface area contributed by atoms with Crippen LogP contribution < -0.4 is 0 Å². The van der Waals surface area contributed by atoms with E-state index in [0.717, 1.165) is 40.5 Å². The van der Waals surface area contributed by atoms with Crippen molar-refractivity contribution in [1.29, 1.82) is 0 Å². The minimum absolute atomic E-state index is 0.00674. The Labute approximate surface area is 181 Å². The summed E-state index contributed by atoms with van der Waals surface area (Å²) >= 11 is 9.20. The van der Waals surface area contributed by atoms with Crippen LogP contribution in [0.25, 0.3) is 20.8 Å². The Morgan fingerprint density at radius 2 is 1.93 bits per heavy atom. The molecule has 3 heterocycles. The zero-order valence-corrected chi connectivity index (χ0v) is 17.9. The fourth-order valence-corrected chi connectivity index (χ4v) is 5.71. The first kappa shape index (κ1) is 18.7. The molecule has 1 amide bonds. The lowest BCUT2D eigenvalue weighted by atomic mass is 9.98. The highest BCUT2D eigenvalue weighted by atomic mass is 35.5. The third-order valence-electron chi connectivity index (χ3n) is 5.18. The van der Waals surface area contributed by atoms with Gasteiger partial charge in [0.25, 0.3) is 5.91 Å². The number of para-hydroxylation sites is 1. The standard InChI is InChI=1S/C22H18ClN3OS2/c23-16-9-7-14(8-10-16)20-25-18(13-28-20)22(27)26-11-3-4-15(12-26)21-24-17-5-1-2-6-19(17)29-21/h1-2,5-10,13,15H,3-4,11-12H2/t15-/m1/s1. The van der Waals surface area contributed by atoms with Crippen molar-refractivity contribution in [3.63, 3.8) is 0 Å². The smallest absolute Gasteiger partial charge is 0.273 e. The number of aromatic nitrogens is 2. The molecule has 1 atom stereocenters. The predicted octanol–water partition coefficient (Wildman–Crippen LogP) is 6.09. The summed E-state index contributed by atoms with van der Waals surface area (Å²) in [6.07, 6.45) is 2.05. The maximum absolute atomic E-state index is 13.1. The Hall–Kier alpha value is -2.28. The molecule has 1 fully saturated rings. The summed E-state index contributed by atoms with van der Waals surface area (Å²) in [7, 11) is 0. The van der Waals surface area contributed by atoms with Gasteiger partial charge >= 0.3 is 0 Å². The highest BCUT2D eigenvalue weighted by Crippen LogP contribution is 2.34. The second-order valence-electron chi connectivity index (χ2n) is 7.15. The number of carbonyl (C=O) groups excluding carboxylic acids is 1. The Kier molecular flexibility index (Phi) is 5.08. The van der Waals surface area contributed by atoms with Gasteiger partial charge < -0.3 is 4.90 Å². The molecule has 1 aliphatic heterocycles. The number of piperidine rings is 1. The van der Waals surface area contributed by atoms with Crippen LogP contribution in [0.2, 0.25) is 5.02 Å². The molecule has 5 rings (SSSR count). The molecule has 1 saturated heterocycles. The number of nitrogens with zero attached hydrogens (tertiary/aromatic N) is 3. The number of benzene rings is 2. The maximum atomic E-state index is 13.1. The van der Waals surface area contributed by atoms with E-state index in [0.29, 0.717) is 23.2 Å². The van der Waals surface area contributed by atoms with Gasteiger partial charge in [-0.05, 0) is 37.1 Å². The average Bonchev–Trinajstić information content (AvgIpc) is 3.41. The lowest BCUT2D eigenvalue weighted by Gasteiger charge is -2.31. The quantitative estimate of drug-likeness (QED) is 0.388. The Morgan fingerprint density at radius 1 is 1.10 bits per heavy atom. The number of thiazole rings is 2. The zero-order valence-electron chi connectivity index (χ0n) is 15.5. The Bertz CT molecular complexity index is 1140. The predicted molar refractivity (Wildman–Crippen MR) is 120 cm³/mol. The van der Waals surface area contributed by atoms with Crippen molar-refractivity contribution in [1.82, 2.24) is 14.9 Å². The normalized spacial score (nSPS) is 17.0. The molecule has 0 N–H and O–H groups in total. The van der Waals surface area contributed by atoms with Crippen LogP contribution in [-0.2, 0) is 0 Å². The van der Waals surface area contributed by atoms with E-state index in [1.807, 2.05) is 46.7 Å². The summed E-state index contributed by atoms with van der Waals surface area (Å²) in [5.74, 6) is 0.298. The van der Waals surface area contributed by atoms with Crippen LogP contribution in [0.4, 0.5) is 0 Å². The van der Waals surface area contributed by atoms with Crippen molar-refractivity contribution in [2.45, 2.75) is 18.8 Å². The van der Waals surface area contributed by atoms with Crippen molar-refractivity contribution in [2.75, 3.05) is 13.1 Å². The molecule has 0 saturated carbocycles. The maximum Gasteiger partial charge on any atom is 0.273 e. The summed E-state index contributed by atoms with van der Waals surface area (Å²) in [4.78, 5) is 24.4. The SMILES string of the molecule is O=C(c1csc(-c2ccc(Cl)cc2)n1)N1CCC[C@@H](c2nc3ccccc3s2)C1. The molecule has 0 unspecified atom stereocenters. The van der Waals surface area contributed by atoms with E-state index in [2.05, 4.69) is 17.1 Å². The molecule has 0 radical (unpaired) electrons. The molecule has 4 aromatic rings. The fraction of sp³-hybridized carbons (Fsp3) is 0.227. The molecule has 7 heteroatoms. The van der Waals surface area contributed by atoms with Crippen molar-refractivity contribution in [3.8, 4) is 10.6 Å². The summed E-state index contributed by atoms with van der Waals surface area (Å²) in [6, 6.07) is 15.8. The van der Waals surface area contributed by atoms with E-state index in [-0.39, 0.29) is 5.91 Å². The highest BCUT2D eigenvalue weighted by Gasteiger charge is 2.28. The van der Waals surface area contributed by atoms with Crippen LogP contribution in [0.1, 0.15) is 34.3 Å². The molecule has 1 aliphatic rings. The lowest BCUT2D eigenvalue weighted by molar-refractivity contribution is 0.0702. The van der Waals surface area contributed by atoms with Gasteiger partial charge in [0, 0.05) is 35.0 Å². The number of rotatable bonds is 3. The lowest BCUT2D eigenvalue weighted by Crippen LogP contribution is -2.39. The topological polar surface area (TPSA) is 46.1 Å². The Balaban J connectivity index is 1.34. The van der Waals surface area contributed by atoms with Gasteiger partial charge in [0.05, 0.1) is 15.2 Å². The van der Waals surface area contributed by atoms with E-state index in [1.54, 1.807) is 11.3 Å². The third kappa shape index (κ3) is 3.80. The van der Waals surface area contributed by atoms with E-state index < -0.39 is 0 Å². The van der Waals surface area contributed by atoms with Gasteiger partial charge in [-0.1, -0.05) is 35.9 Å². The molecular weight excluding hydrogens is 422 g/mol. The third-order valence-corrected chi connectivity index (χ3v) is 7.52. The molecule has 4 nitrogen and oxygen atoms in total. The highest BCUT2D eigenvalue weighted by molar-refractivity contribution is 7.18. The number of hydrogen-bond donors (Lipinski definition) is 0. The van der Waals surface area contributed by atoms with Gasteiger partial charge in [0.1, 0.15) is 10.7 Å². The van der Waals surface area contributed by atoms with Gasteiger partial charge in [-0.3, -0.25) is 4.79 Å². The number of hydrogen-bond acceptors (Lipinski definition) is 5. The number of amides is 1. The molecule has 0 bridgehead atoms. The molecule has 2 aromatic heterocycles. The Morgan fingerprint density at radius 3 is 2.76 bits per heavy atom. The summed E-state index contributed by atoms with van der Waals surface area (Å²) in [5.41, 5.74) is 2.54. The van der Waals surface area contributed by atoms with Crippen LogP contribution >= 0.6 is 34.3 Å². The minimum atomic E-state index is 0.00674. The first-order valence-corrected chi connectivity index (χ1v) is 11.6. The average molecular weight is 440 g/mol. The molecular formula is C22H18ClN3OS2. The monoisotopic (exact) mass is 439 g/mol. The second-order valence-corrected chi connectivity index (χ2v) is 9.51. The first-order valence-electron chi connectivity index (χ1n) is 9.53. The zero-order chi connectivity index (χ0) is 19.8. The van der Waals surface area contributed by atoms with Gasteiger partial charge in [-0.25, -0.2) is 9.97 Å². The van der Waals surface area contributed by atoms with Crippen molar-refractivity contribution in [3.05, 3.63) is 69.6 Å². The van der Waals surface area contributed by atoms with E-state index >= 15 is 0 Å².